The first-order valence-electron chi connectivity index (χ1n) is 5.67. The maximum atomic E-state index is 13.7. The summed E-state index contributed by atoms with van der Waals surface area (Å²) in [6.07, 6.45) is 0. The Bertz CT molecular complexity index is 487. The van der Waals surface area contributed by atoms with Crippen molar-refractivity contribution in [3.8, 4) is 0 Å². The standard InChI is InChI=1S/C12H13F2IN2O.ClH/c1-7-6-16-2-3-17(7)12(18)8-4-11(15)10(14)5-9(8)13;/h4-5,7,16H,2-3,6H2,1H3;1H. The Kier molecular flexibility index (Phi) is 5.94. The second-order valence-electron chi connectivity index (χ2n) is 4.30. The van der Waals surface area contributed by atoms with E-state index < -0.39 is 11.6 Å². The van der Waals surface area contributed by atoms with E-state index in [1.54, 1.807) is 27.5 Å². The SMILES string of the molecule is CC1CNCCN1C(=O)c1cc(I)c(F)cc1F.Cl. The van der Waals surface area contributed by atoms with E-state index in [9.17, 15) is 13.6 Å². The molecule has 0 saturated carbocycles. The first-order valence-corrected chi connectivity index (χ1v) is 6.75. The summed E-state index contributed by atoms with van der Waals surface area (Å²) in [5.74, 6) is -1.82. The molecule has 19 heavy (non-hydrogen) atoms. The van der Waals surface area contributed by atoms with Crippen molar-refractivity contribution in [3.63, 3.8) is 0 Å². The van der Waals surface area contributed by atoms with Gasteiger partial charge in [0.05, 0.1) is 5.56 Å². The van der Waals surface area contributed by atoms with Gasteiger partial charge in [-0.1, -0.05) is 0 Å². The molecule has 0 aromatic heterocycles. The van der Waals surface area contributed by atoms with Crippen LogP contribution in [0.5, 0.6) is 0 Å². The van der Waals surface area contributed by atoms with E-state index in [2.05, 4.69) is 5.32 Å². The molecule has 0 radical (unpaired) electrons. The molecule has 3 nitrogen and oxygen atoms in total. The van der Waals surface area contributed by atoms with E-state index in [1.807, 2.05) is 6.92 Å². The van der Waals surface area contributed by atoms with Gasteiger partial charge in [0, 0.05) is 35.3 Å². The minimum absolute atomic E-state index is 0. The molecule has 2 rings (SSSR count). The van der Waals surface area contributed by atoms with Crippen molar-refractivity contribution in [2.75, 3.05) is 19.6 Å². The van der Waals surface area contributed by atoms with Crippen LogP contribution in [0.3, 0.4) is 0 Å². The fourth-order valence-corrected chi connectivity index (χ4v) is 2.45. The third-order valence-electron chi connectivity index (χ3n) is 3.00. The summed E-state index contributed by atoms with van der Waals surface area (Å²) in [6.45, 7) is 3.81. The van der Waals surface area contributed by atoms with Crippen molar-refractivity contribution in [3.05, 3.63) is 32.9 Å². The average Bonchev–Trinajstić information content (AvgIpc) is 2.33. The van der Waals surface area contributed by atoms with Crippen LogP contribution in [-0.4, -0.2) is 36.5 Å². The fourth-order valence-electron chi connectivity index (χ4n) is 1.98. The van der Waals surface area contributed by atoms with Crippen LogP contribution < -0.4 is 5.32 Å². The lowest BCUT2D eigenvalue weighted by Crippen LogP contribution is -2.52. The van der Waals surface area contributed by atoms with Gasteiger partial charge in [0.25, 0.3) is 5.91 Å². The first kappa shape index (κ1) is 16.6. The van der Waals surface area contributed by atoms with Crippen molar-refractivity contribution in [2.45, 2.75) is 13.0 Å². The minimum atomic E-state index is -0.802. The Morgan fingerprint density at radius 3 is 2.74 bits per heavy atom. The van der Waals surface area contributed by atoms with E-state index in [0.29, 0.717) is 19.6 Å². The van der Waals surface area contributed by atoms with Crippen molar-refractivity contribution < 1.29 is 13.6 Å². The average molecular weight is 403 g/mol. The maximum Gasteiger partial charge on any atom is 0.257 e. The van der Waals surface area contributed by atoms with Gasteiger partial charge in [-0.3, -0.25) is 4.79 Å². The zero-order valence-electron chi connectivity index (χ0n) is 10.3. The molecule has 0 spiro atoms. The number of benzene rings is 1. The lowest BCUT2D eigenvalue weighted by Gasteiger charge is -2.34. The number of piperazine rings is 1. The second-order valence-corrected chi connectivity index (χ2v) is 5.46. The van der Waals surface area contributed by atoms with Gasteiger partial charge in [0.2, 0.25) is 0 Å². The number of hydrogen-bond donors (Lipinski definition) is 1. The molecule has 106 valence electrons. The highest BCUT2D eigenvalue weighted by Gasteiger charge is 2.26. The Labute approximate surface area is 130 Å². The van der Waals surface area contributed by atoms with E-state index in [4.69, 9.17) is 0 Å². The number of carbonyl (C=O) groups excluding carboxylic acids is 1. The van der Waals surface area contributed by atoms with E-state index in [-0.39, 0.29) is 33.5 Å². The summed E-state index contributed by atoms with van der Waals surface area (Å²) in [4.78, 5) is 13.8. The van der Waals surface area contributed by atoms with Gasteiger partial charge in [-0.15, -0.1) is 12.4 Å². The number of rotatable bonds is 1. The number of carbonyl (C=O) groups is 1. The van der Waals surface area contributed by atoms with Crippen LogP contribution in [0.25, 0.3) is 0 Å². The third-order valence-corrected chi connectivity index (χ3v) is 3.83. The van der Waals surface area contributed by atoms with E-state index in [1.165, 1.54) is 6.07 Å². The molecular formula is C12H14ClF2IN2O. The number of nitrogens with zero attached hydrogens (tertiary/aromatic N) is 1. The Morgan fingerprint density at radius 2 is 2.11 bits per heavy atom. The predicted octanol–water partition coefficient (Wildman–Crippen LogP) is 2.43. The van der Waals surface area contributed by atoms with Crippen molar-refractivity contribution >= 4 is 40.9 Å². The highest BCUT2D eigenvalue weighted by molar-refractivity contribution is 14.1. The summed E-state index contributed by atoms with van der Waals surface area (Å²) in [5, 5.41) is 3.16. The molecule has 1 aromatic carbocycles. The molecule has 1 atom stereocenters. The van der Waals surface area contributed by atoms with Crippen LogP contribution in [0.4, 0.5) is 8.78 Å². The van der Waals surface area contributed by atoms with Gasteiger partial charge < -0.3 is 10.2 Å². The number of amides is 1. The van der Waals surface area contributed by atoms with Crippen LogP contribution in [0.15, 0.2) is 12.1 Å². The van der Waals surface area contributed by atoms with Gasteiger partial charge in [0.15, 0.2) is 0 Å². The molecule has 1 heterocycles. The molecule has 7 heteroatoms. The van der Waals surface area contributed by atoms with Gasteiger partial charge in [-0.25, -0.2) is 8.78 Å². The van der Waals surface area contributed by atoms with Gasteiger partial charge in [0.1, 0.15) is 11.6 Å². The van der Waals surface area contributed by atoms with Crippen molar-refractivity contribution in [1.29, 1.82) is 0 Å². The lowest BCUT2D eigenvalue weighted by atomic mass is 10.1. The molecule has 1 aliphatic heterocycles. The van der Waals surface area contributed by atoms with Crippen LogP contribution in [-0.2, 0) is 0 Å². The molecule has 1 N–H and O–H groups in total. The van der Waals surface area contributed by atoms with E-state index in [0.717, 1.165) is 6.07 Å². The largest absolute Gasteiger partial charge is 0.333 e. The zero-order valence-corrected chi connectivity index (χ0v) is 13.2. The number of hydrogen-bond acceptors (Lipinski definition) is 2. The summed E-state index contributed by atoms with van der Waals surface area (Å²) in [6, 6.07) is 2.04. The normalized spacial score (nSPS) is 18.9. The van der Waals surface area contributed by atoms with Crippen LogP contribution in [0.1, 0.15) is 17.3 Å². The second kappa shape index (κ2) is 6.81. The molecule has 1 aliphatic rings. The highest BCUT2D eigenvalue weighted by atomic mass is 127. The fraction of sp³-hybridized carbons (Fsp3) is 0.417. The summed E-state index contributed by atoms with van der Waals surface area (Å²) < 4.78 is 27.1. The Hall–Kier alpha value is -0.470. The monoisotopic (exact) mass is 402 g/mol. The predicted molar refractivity (Wildman–Crippen MR) is 79.7 cm³/mol. The molecule has 1 fully saturated rings. The molecule has 1 saturated heterocycles. The van der Waals surface area contributed by atoms with Gasteiger partial charge in [-0.2, -0.15) is 0 Å². The molecule has 1 amide bonds. The topological polar surface area (TPSA) is 32.3 Å². The summed E-state index contributed by atoms with van der Waals surface area (Å²) in [7, 11) is 0. The third kappa shape index (κ3) is 3.55. The lowest BCUT2D eigenvalue weighted by molar-refractivity contribution is 0.0651. The van der Waals surface area contributed by atoms with Crippen LogP contribution in [0.2, 0.25) is 0 Å². The maximum absolute atomic E-state index is 13.7. The quantitative estimate of drug-likeness (QED) is 0.578. The summed E-state index contributed by atoms with van der Waals surface area (Å²) >= 11 is 1.75. The number of halogens is 4. The van der Waals surface area contributed by atoms with Crippen molar-refractivity contribution in [1.82, 2.24) is 10.2 Å². The van der Waals surface area contributed by atoms with Crippen molar-refractivity contribution in [2.24, 2.45) is 0 Å². The minimum Gasteiger partial charge on any atom is -0.333 e. The van der Waals surface area contributed by atoms with E-state index >= 15 is 0 Å². The van der Waals surface area contributed by atoms with Crippen LogP contribution in [0, 0.1) is 15.2 Å². The molecule has 1 aromatic rings. The Balaban J connectivity index is 0.00000180. The Morgan fingerprint density at radius 1 is 1.42 bits per heavy atom. The first-order chi connectivity index (χ1) is 8.50. The molecule has 0 bridgehead atoms. The van der Waals surface area contributed by atoms with Gasteiger partial charge in [-0.05, 0) is 35.6 Å². The summed E-state index contributed by atoms with van der Waals surface area (Å²) in [5.41, 5.74) is -0.0606. The molecule has 1 unspecified atom stereocenters. The molecular weight excluding hydrogens is 388 g/mol. The molecule has 0 aliphatic carbocycles. The zero-order chi connectivity index (χ0) is 13.3. The van der Waals surface area contributed by atoms with Gasteiger partial charge >= 0.3 is 0 Å². The van der Waals surface area contributed by atoms with Crippen LogP contribution >= 0.6 is 35.0 Å². The highest BCUT2D eigenvalue weighted by Crippen LogP contribution is 2.19. The smallest absolute Gasteiger partial charge is 0.257 e. The number of nitrogens with one attached hydrogen (secondary N) is 1.